The van der Waals surface area contributed by atoms with Crippen LogP contribution in [0.5, 0.6) is 0 Å². The van der Waals surface area contributed by atoms with E-state index in [-0.39, 0.29) is 5.97 Å². The molecule has 0 rings (SSSR count). The molecule has 0 heterocycles. The lowest BCUT2D eigenvalue weighted by Crippen LogP contribution is -2.41. The first-order valence-corrected chi connectivity index (χ1v) is 7.83. The molecule has 0 saturated carbocycles. The van der Waals surface area contributed by atoms with Crippen molar-refractivity contribution >= 4 is 14.3 Å². The third-order valence-corrected chi connectivity index (χ3v) is 7.61. The zero-order valence-electron chi connectivity index (χ0n) is 9.92. The number of esters is 1. The van der Waals surface area contributed by atoms with Crippen LogP contribution in [0, 0.1) is 0 Å². The summed E-state index contributed by atoms with van der Waals surface area (Å²) in [5.74, 6) is -0.266. The predicted octanol–water partition coefficient (Wildman–Crippen LogP) is 2.57. The Morgan fingerprint density at radius 3 is 1.93 bits per heavy atom. The Kier molecular flexibility index (Phi) is 6.03. The van der Waals surface area contributed by atoms with E-state index < -0.39 is 14.4 Å². The second-order valence-corrected chi connectivity index (χ2v) is 8.25. The standard InChI is InChI=1S/C10H22O3Si/c1-6-14(7-2,8-3)13-9(4)10(11)12-5/h9H,6-8H2,1-5H3. The maximum Gasteiger partial charge on any atom is 0.333 e. The first-order chi connectivity index (χ1) is 6.55. The average molecular weight is 218 g/mol. The highest BCUT2D eigenvalue weighted by atomic mass is 28.4. The molecule has 0 aliphatic heterocycles. The summed E-state index contributed by atoms with van der Waals surface area (Å²) in [6.45, 7) is 8.20. The molecule has 0 aliphatic rings. The van der Waals surface area contributed by atoms with Gasteiger partial charge in [-0.2, -0.15) is 0 Å². The minimum Gasteiger partial charge on any atom is -0.467 e. The van der Waals surface area contributed by atoms with Crippen LogP contribution in [-0.2, 0) is 14.0 Å². The van der Waals surface area contributed by atoms with Crippen molar-refractivity contribution in [1.82, 2.24) is 0 Å². The van der Waals surface area contributed by atoms with Gasteiger partial charge in [0.1, 0.15) is 6.10 Å². The number of hydrogen-bond donors (Lipinski definition) is 0. The quantitative estimate of drug-likeness (QED) is 0.508. The maximum atomic E-state index is 11.2. The van der Waals surface area contributed by atoms with Gasteiger partial charge in [-0.1, -0.05) is 20.8 Å². The van der Waals surface area contributed by atoms with Crippen LogP contribution in [-0.4, -0.2) is 27.5 Å². The van der Waals surface area contributed by atoms with Crippen LogP contribution in [0.1, 0.15) is 27.7 Å². The summed E-state index contributed by atoms with van der Waals surface area (Å²) >= 11 is 0. The minimum atomic E-state index is -1.66. The second kappa shape index (κ2) is 6.19. The highest BCUT2D eigenvalue weighted by molar-refractivity contribution is 6.73. The van der Waals surface area contributed by atoms with Crippen molar-refractivity contribution in [3.63, 3.8) is 0 Å². The maximum absolute atomic E-state index is 11.2. The van der Waals surface area contributed by atoms with Gasteiger partial charge in [0.25, 0.3) is 0 Å². The van der Waals surface area contributed by atoms with E-state index in [9.17, 15) is 4.79 Å². The number of carbonyl (C=O) groups excluding carboxylic acids is 1. The molecule has 84 valence electrons. The fourth-order valence-electron chi connectivity index (χ4n) is 1.59. The van der Waals surface area contributed by atoms with E-state index in [0.29, 0.717) is 0 Å². The van der Waals surface area contributed by atoms with Gasteiger partial charge in [-0.15, -0.1) is 0 Å². The molecule has 0 bridgehead atoms. The summed E-state index contributed by atoms with van der Waals surface area (Å²) in [6.07, 6.45) is -0.411. The van der Waals surface area contributed by atoms with Crippen LogP contribution >= 0.6 is 0 Å². The summed E-state index contributed by atoms with van der Waals surface area (Å²) in [7, 11) is -0.262. The Labute approximate surface area is 87.9 Å². The Morgan fingerprint density at radius 2 is 1.64 bits per heavy atom. The number of rotatable bonds is 6. The topological polar surface area (TPSA) is 35.5 Å². The molecule has 1 unspecified atom stereocenters. The normalized spacial score (nSPS) is 13.8. The van der Waals surface area contributed by atoms with E-state index in [1.807, 2.05) is 0 Å². The van der Waals surface area contributed by atoms with Gasteiger partial charge >= 0.3 is 5.97 Å². The molecule has 14 heavy (non-hydrogen) atoms. The van der Waals surface area contributed by atoms with Crippen molar-refractivity contribution in [2.75, 3.05) is 7.11 Å². The van der Waals surface area contributed by atoms with Crippen LogP contribution in [0.2, 0.25) is 18.1 Å². The van der Waals surface area contributed by atoms with Crippen molar-refractivity contribution in [3.05, 3.63) is 0 Å². The molecule has 0 aliphatic carbocycles. The van der Waals surface area contributed by atoms with E-state index in [1.54, 1.807) is 6.92 Å². The molecular formula is C10H22O3Si. The molecule has 0 spiro atoms. The van der Waals surface area contributed by atoms with Gasteiger partial charge in [0.15, 0.2) is 8.32 Å². The lowest BCUT2D eigenvalue weighted by Gasteiger charge is -2.30. The van der Waals surface area contributed by atoms with Gasteiger partial charge in [0.05, 0.1) is 7.11 Å². The molecule has 4 heteroatoms. The van der Waals surface area contributed by atoms with E-state index in [1.165, 1.54) is 7.11 Å². The fraction of sp³-hybridized carbons (Fsp3) is 0.900. The summed E-state index contributed by atoms with van der Waals surface area (Å²) in [5, 5.41) is 0. The van der Waals surface area contributed by atoms with E-state index in [0.717, 1.165) is 18.1 Å². The molecule has 0 aromatic rings. The van der Waals surface area contributed by atoms with Gasteiger partial charge in [0.2, 0.25) is 0 Å². The van der Waals surface area contributed by atoms with Crippen LogP contribution in [0.15, 0.2) is 0 Å². The summed E-state index contributed by atoms with van der Waals surface area (Å²) in [5.41, 5.74) is 0. The average Bonchev–Trinajstić information content (AvgIpc) is 2.24. The largest absolute Gasteiger partial charge is 0.467 e. The first-order valence-electron chi connectivity index (χ1n) is 5.30. The monoisotopic (exact) mass is 218 g/mol. The van der Waals surface area contributed by atoms with Gasteiger partial charge in [-0.25, -0.2) is 4.79 Å². The lowest BCUT2D eigenvalue weighted by atomic mass is 10.4. The third kappa shape index (κ3) is 3.42. The number of ether oxygens (including phenoxy) is 1. The first kappa shape index (κ1) is 13.6. The Morgan fingerprint density at radius 1 is 1.21 bits per heavy atom. The summed E-state index contributed by atoms with van der Waals surface area (Å²) < 4.78 is 10.6. The summed E-state index contributed by atoms with van der Waals surface area (Å²) in [6, 6.07) is 3.17. The molecule has 0 aromatic carbocycles. The Bertz CT molecular complexity index is 170. The van der Waals surface area contributed by atoms with Gasteiger partial charge < -0.3 is 9.16 Å². The van der Waals surface area contributed by atoms with Gasteiger partial charge in [-0.05, 0) is 25.1 Å². The van der Waals surface area contributed by atoms with Gasteiger partial charge in [0, 0.05) is 0 Å². The molecule has 0 saturated heterocycles. The van der Waals surface area contributed by atoms with E-state index in [2.05, 4.69) is 25.5 Å². The molecule has 3 nitrogen and oxygen atoms in total. The molecule has 0 fully saturated rings. The fourth-order valence-corrected chi connectivity index (χ4v) is 4.44. The molecule has 0 amide bonds. The number of hydrogen-bond acceptors (Lipinski definition) is 3. The smallest absolute Gasteiger partial charge is 0.333 e. The summed E-state index contributed by atoms with van der Waals surface area (Å²) in [4.78, 5) is 11.2. The van der Waals surface area contributed by atoms with Crippen molar-refractivity contribution < 1.29 is 14.0 Å². The highest BCUT2D eigenvalue weighted by Gasteiger charge is 2.32. The molecule has 0 aromatic heterocycles. The van der Waals surface area contributed by atoms with E-state index in [4.69, 9.17) is 4.43 Å². The highest BCUT2D eigenvalue weighted by Crippen LogP contribution is 2.23. The van der Waals surface area contributed by atoms with Crippen LogP contribution in [0.25, 0.3) is 0 Å². The van der Waals surface area contributed by atoms with Crippen molar-refractivity contribution in [3.8, 4) is 0 Å². The number of carbonyl (C=O) groups is 1. The van der Waals surface area contributed by atoms with Crippen LogP contribution in [0.3, 0.4) is 0 Å². The zero-order chi connectivity index (χ0) is 11.2. The second-order valence-electron chi connectivity index (χ2n) is 3.53. The molecule has 0 N–H and O–H groups in total. The Balaban J connectivity index is 4.36. The lowest BCUT2D eigenvalue weighted by molar-refractivity contribution is -0.148. The van der Waals surface area contributed by atoms with Crippen LogP contribution in [0.4, 0.5) is 0 Å². The zero-order valence-corrected chi connectivity index (χ0v) is 10.9. The SMILES string of the molecule is CC[Si](CC)(CC)OC(C)C(=O)OC. The van der Waals surface area contributed by atoms with Crippen molar-refractivity contribution in [1.29, 1.82) is 0 Å². The third-order valence-electron chi connectivity index (χ3n) is 2.89. The Hall–Kier alpha value is -0.353. The predicted molar refractivity (Wildman–Crippen MR) is 59.8 cm³/mol. The van der Waals surface area contributed by atoms with E-state index >= 15 is 0 Å². The van der Waals surface area contributed by atoms with Crippen molar-refractivity contribution in [2.24, 2.45) is 0 Å². The molecule has 0 radical (unpaired) electrons. The molecule has 1 atom stereocenters. The number of methoxy groups -OCH3 is 1. The van der Waals surface area contributed by atoms with Crippen molar-refractivity contribution in [2.45, 2.75) is 51.9 Å². The molecular weight excluding hydrogens is 196 g/mol. The van der Waals surface area contributed by atoms with Crippen LogP contribution < -0.4 is 0 Å². The minimum absolute atomic E-state index is 0.266. The van der Waals surface area contributed by atoms with Gasteiger partial charge in [-0.3, -0.25) is 0 Å².